The predicted molar refractivity (Wildman–Crippen MR) is 114 cm³/mol. The molecule has 5 heteroatoms. The van der Waals surface area contributed by atoms with Gasteiger partial charge in [0.15, 0.2) is 0 Å². The number of hydrogen-bond donors (Lipinski definition) is 1. The van der Waals surface area contributed by atoms with Gasteiger partial charge in [-0.05, 0) is 34.5 Å². The van der Waals surface area contributed by atoms with Gasteiger partial charge in [-0.25, -0.2) is 0 Å². The van der Waals surface area contributed by atoms with Crippen LogP contribution in [0, 0.1) is 0 Å². The Bertz CT molecular complexity index is 548. The first-order valence-electron chi connectivity index (χ1n) is 10.3. The Kier molecular flexibility index (Phi) is 13.7. The summed E-state index contributed by atoms with van der Waals surface area (Å²) in [5.74, 6) is -0.441. The SMILES string of the molecule is CCCCCCCCCCCCOC(=O)CCNC(=O)c1ccccc1Br. The number of nitrogens with one attached hydrogen (secondary N) is 1. The molecule has 0 saturated carbocycles. The standard InChI is InChI=1S/C22H34BrNO3/c1-2-3-4-5-6-7-8-9-10-13-18-27-21(25)16-17-24-22(26)19-14-11-12-15-20(19)23/h11-12,14-15H,2-10,13,16-18H2,1H3,(H,24,26). The minimum Gasteiger partial charge on any atom is -0.466 e. The summed E-state index contributed by atoms with van der Waals surface area (Å²) in [6.07, 6.45) is 12.8. The van der Waals surface area contributed by atoms with E-state index in [1.807, 2.05) is 12.1 Å². The molecule has 0 bridgehead atoms. The van der Waals surface area contributed by atoms with Crippen molar-refractivity contribution in [2.24, 2.45) is 0 Å². The Morgan fingerprint density at radius 3 is 2.15 bits per heavy atom. The maximum absolute atomic E-state index is 12.0. The molecule has 1 aromatic rings. The molecule has 152 valence electrons. The zero-order valence-electron chi connectivity index (χ0n) is 16.6. The van der Waals surface area contributed by atoms with Crippen molar-refractivity contribution in [1.29, 1.82) is 0 Å². The monoisotopic (exact) mass is 439 g/mol. The minimum atomic E-state index is -0.252. The van der Waals surface area contributed by atoms with Crippen LogP contribution < -0.4 is 5.32 Å². The Morgan fingerprint density at radius 1 is 0.926 bits per heavy atom. The van der Waals surface area contributed by atoms with E-state index in [2.05, 4.69) is 28.2 Å². The smallest absolute Gasteiger partial charge is 0.307 e. The van der Waals surface area contributed by atoms with Crippen molar-refractivity contribution in [2.75, 3.05) is 13.2 Å². The second-order valence-corrected chi connectivity index (χ2v) is 7.74. The number of ether oxygens (including phenoxy) is 1. The van der Waals surface area contributed by atoms with E-state index in [4.69, 9.17) is 4.74 Å². The van der Waals surface area contributed by atoms with Gasteiger partial charge in [0, 0.05) is 11.0 Å². The van der Waals surface area contributed by atoms with Gasteiger partial charge in [0.2, 0.25) is 0 Å². The number of esters is 1. The number of halogens is 1. The lowest BCUT2D eigenvalue weighted by molar-refractivity contribution is -0.143. The highest BCUT2D eigenvalue weighted by Crippen LogP contribution is 2.15. The lowest BCUT2D eigenvalue weighted by Gasteiger charge is -2.07. The average Bonchev–Trinajstić information content (AvgIpc) is 2.66. The van der Waals surface area contributed by atoms with Crippen molar-refractivity contribution in [3.63, 3.8) is 0 Å². The van der Waals surface area contributed by atoms with Crippen LogP contribution >= 0.6 is 15.9 Å². The molecule has 0 aromatic heterocycles. The first kappa shape index (κ1) is 23.7. The topological polar surface area (TPSA) is 55.4 Å². The number of unbranched alkanes of at least 4 members (excludes halogenated alkanes) is 9. The molecule has 0 heterocycles. The maximum atomic E-state index is 12.0. The minimum absolute atomic E-state index is 0.190. The molecule has 1 rings (SSSR count). The molecule has 0 fully saturated rings. The van der Waals surface area contributed by atoms with Crippen LogP contribution in [0.4, 0.5) is 0 Å². The number of amides is 1. The van der Waals surface area contributed by atoms with Crippen LogP contribution in [0.2, 0.25) is 0 Å². The first-order valence-corrected chi connectivity index (χ1v) is 11.1. The normalized spacial score (nSPS) is 10.6. The van der Waals surface area contributed by atoms with Crippen LogP contribution in [0.3, 0.4) is 0 Å². The van der Waals surface area contributed by atoms with Crippen LogP contribution in [0.25, 0.3) is 0 Å². The largest absolute Gasteiger partial charge is 0.466 e. The van der Waals surface area contributed by atoms with Gasteiger partial charge in [-0.1, -0.05) is 76.8 Å². The van der Waals surface area contributed by atoms with Gasteiger partial charge in [-0.2, -0.15) is 0 Å². The third-order valence-electron chi connectivity index (χ3n) is 4.49. The Balaban J connectivity index is 1.94. The van der Waals surface area contributed by atoms with E-state index in [1.165, 1.54) is 51.4 Å². The summed E-state index contributed by atoms with van der Waals surface area (Å²) in [6.45, 7) is 3.01. The third-order valence-corrected chi connectivity index (χ3v) is 5.19. The molecule has 0 saturated heterocycles. The molecule has 1 aromatic carbocycles. The number of carbonyl (C=O) groups excluding carboxylic acids is 2. The first-order chi connectivity index (χ1) is 13.1. The third kappa shape index (κ3) is 11.9. The van der Waals surface area contributed by atoms with Gasteiger partial charge < -0.3 is 10.1 Å². The molecule has 0 atom stereocenters. The Labute approximate surface area is 172 Å². The van der Waals surface area contributed by atoms with Crippen LogP contribution in [-0.4, -0.2) is 25.0 Å². The van der Waals surface area contributed by atoms with Gasteiger partial charge in [0.25, 0.3) is 5.91 Å². The van der Waals surface area contributed by atoms with E-state index in [1.54, 1.807) is 12.1 Å². The van der Waals surface area contributed by atoms with Crippen LogP contribution in [-0.2, 0) is 9.53 Å². The zero-order chi connectivity index (χ0) is 19.7. The molecule has 27 heavy (non-hydrogen) atoms. The fourth-order valence-corrected chi connectivity index (χ4v) is 3.33. The summed E-state index contributed by atoms with van der Waals surface area (Å²) in [4.78, 5) is 23.7. The van der Waals surface area contributed by atoms with E-state index in [9.17, 15) is 9.59 Å². The van der Waals surface area contributed by atoms with Gasteiger partial charge >= 0.3 is 5.97 Å². The molecule has 4 nitrogen and oxygen atoms in total. The van der Waals surface area contributed by atoms with E-state index in [-0.39, 0.29) is 24.8 Å². The van der Waals surface area contributed by atoms with Crippen molar-refractivity contribution < 1.29 is 14.3 Å². The molecule has 0 aliphatic heterocycles. The van der Waals surface area contributed by atoms with Crippen LogP contribution in [0.1, 0.15) is 87.9 Å². The summed E-state index contributed by atoms with van der Waals surface area (Å²) in [7, 11) is 0. The second kappa shape index (κ2) is 15.7. The van der Waals surface area contributed by atoms with E-state index in [0.717, 1.165) is 17.3 Å². The summed E-state index contributed by atoms with van der Waals surface area (Å²) < 4.78 is 5.97. The predicted octanol–water partition coefficient (Wildman–Crippen LogP) is 6.03. The van der Waals surface area contributed by atoms with Crippen molar-refractivity contribution in [3.8, 4) is 0 Å². The summed E-state index contributed by atoms with van der Waals surface area (Å²) in [5, 5.41) is 2.74. The molecule has 1 N–H and O–H groups in total. The van der Waals surface area contributed by atoms with Crippen LogP contribution in [0.15, 0.2) is 28.7 Å². The van der Waals surface area contributed by atoms with Crippen molar-refractivity contribution >= 4 is 27.8 Å². The molecule has 0 radical (unpaired) electrons. The quantitative estimate of drug-likeness (QED) is 0.268. The Morgan fingerprint density at radius 2 is 1.52 bits per heavy atom. The van der Waals surface area contributed by atoms with E-state index in [0.29, 0.717) is 12.2 Å². The fourth-order valence-electron chi connectivity index (χ4n) is 2.87. The molecule has 1 amide bonds. The molecular weight excluding hydrogens is 406 g/mol. The number of benzene rings is 1. The average molecular weight is 440 g/mol. The summed E-state index contributed by atoms with van der Waals surface area (Å²) in [6, 6.07) is 7.21. The van der Waals surface area contributed by atoms with Crippen molar-refractivity contribution in [1.82, 2.24) is 5.32 Å². The maximum Gasteiger partial charge on any atom is 0.307 e. The molecular formula is C22H34BrNO3. The lowest BCUT2D eigenvalue weighted by Crippen LogP contribution is -2.26. The van der Waals surface area contributed by atoms with Gasteiger partial charge in [-0.15, -0.1) is 0 Å². The molecule has 0 aliphatic carbocycles. The molecule has 0 spiro atoms. The van der Waals surface area contributed by atoms with E-state index >= 15 is 0 Å². The van der Waals surface area contributed by atoms with Gasteiger partial charge in [0.05, 0.1) is 18.6 Å². The van der Waals surface area contributed by atoms with Crippen LogP contribution in [0.5, 0.6) is 0 Å². The lowest BCUT2D eigenvalue weighted by atomic mass is 10.1. The fraction of sp³-hybridized carbons (Fsp3) is 0.636. The highest BCUT2D eigenvalue weighted by atomic mass is 79.9. The van der Waals surface area contributed by atoms with E-state index < -0.39 is 0 Å². The second-order valence-electron chi connectivity index (χ2n) is 6.89. The summed E-state index contributed by atoms with van der Waals surface area (Å²) in [5.41, 5.74) is 0.566. The number of carbonyl (C=O) groups is 2. The molecule has 0 aliphatic rings. The highest BCUT2D eigenvalue weighted by molar-refractivity contribution is 9.10. The zero-order valence-corrected chi connectivity index (χ0v) is 18.2. The molecule has 0 unspecified atom stereocenters. The highest BCUT2D eigenvalue weighted by Gasteiger charge is 2.09. The van der Waals surface area contributed by atoms with Gasteiger partial charge in [0.1, 0.15) is 0 Å². The van der Waals surface area contributed by atoms with Crippen molar-refractivity contribution in [2.45, 2.75) is 77.6 Å². The summed E-state index contributed by atoms with van der Waals surface area (Å²) >= 11 is 3.34. The number of hydrogen-bond acceptors (Lipinski definition) is 3. The van der Waals surface area contributed by atoms with Gasteiger partial charge in [-0.3, -0.25) is 9.59 Å². The number of rotatable bonds is 15. The van der Waals surface area contributed by atoms with Crippen molar-refractivity contribution in [3.05, 3.63) is 34.3 Å². The Hall–Kier alpha value is -1.36.